The highest BCUT2D eigenvalue weighted by Crippen LogP contribution is 2.13. The Morgan fingerprint density at radius 2 is 1.36 bits per heavy atom. The molecule has 2 aromatic rings. The normalized spacial score (nSPS) is 12.7. The van der Waals surface area contributed by atoms with Crippen molar-refractivity contribution < 1.29 is 0 Å². The molecule has 0 atom stereocenters. The van der Waals surface area contributed by atoms with Crippen LogP contribution in [0.3, 0.4) is 0 Å². The Morgan fingerprint density at radius 3 is 2.14 bits per heavy atom. The summed E-state index contributed by atoms with van der Waals surface area (Å²) < 4.78 is 0. The summed E-state index contributed by atoms with van der Waals surface area (Å²) in [6, 6.07) is 19.0. The molecule has 0 saturated carbocycles. The molecule has 0 amide bonds. The molecule has 0 nitrogen and oxygen atoms in total. The first-order valence-electron chi connectivity index (χ1n) is 4.82. The van der Waals surface area contributed by atoms with E-state index < -0.39 is 0 Å². The molecule has 0 heterocycles. The smallest absolute Gasteiger partial charge is 0.00992 e. The number of hydrogen-bond acceptors (Lipinski definition) is 0. The van der Waals surface area contributed by atoms with Gasteiger partial charge in [-0.2, -0.15) is 0 Å². The molecule has 0 bridgehead atoms. The molecule has 1 aliphatic rings. The van der Waals surface area contributed by atoms with Gasteiger partial charge in [0.15, 0.2) is 0 Å². The van der Waals surface area contributed by atoms with E-state index in [9.17, 15) is 0 Å². The zero-order valence-corrected chi connectivity index (χ0v) is 7.77. The van der Waals surface area contributed by atoms with E-state index >= 15 is 0 Å². The van der Waals surface area contributed by atoms with E-state index in [-0.39, 0.29) is 0 Å². The van der Waals surface area contributed by atoms with Gasteiger partial charge in [-0.15, -0.1) is 0 Å². The van der Waals surface area contributed by atoms with E-state index in [1.54, 1.807) is 0 Å². The molecular weight excluding hydrogens is 168 g/mol. The first-order valence-corrected chi connectivity index (χ1v) is 4.82. The van der Waals surface area contributed by atoms with Crippen molar-refractivity contribution in [2.45, 2.75) is 0 Å². The van der Waals surface area contributed by atoms with Gasteiger partial charge in [-0.3, -0.25) is 0 Å². The second-order valence-corrected chi connectivity index (χ2v) is 3.51. The van der Waals surface area contributed by atoms with Crippen LogP contribution >= 0.6 is 0 Å². The first-order chi connectivity index (χ1) is 6.95. The van der Waals surface area contributed by atoms with Crippen LogP contribution in [0.25, 0.3) is 11.6 Å². The fourth-order valence-electron chi connectivity index (χ4n) is 1.88. The molecule has 0 radical (unpaired) electrons. The lowest BCUT2D eigenvalue weighted by atomic mass is 9.94. The van der Waals surface area contributed by atoms with E-state index in [0.717, 1.165) is 0 Å². The predicted octanol–water partition coefficient (Wildman–Crippen LogP) is 1.68. The molecule has 0 unspecified atom stereocenters. The zero-order valence-electron chi connectivity index (χ0n) is 7.77. The largest absolute Gasteiger partial charge is 0.0622 e. The summed E-state index contributed by atoms with van der Waals surface area (Å²) in [6.07, 6.45) is 2.24. The number of rotatable bonds is 1. The van der Waals surface area contributed by atoms with Crippen molar-refractivity contribution in [1.82, 2.24) is 0 Å². The van der Waals surface area contributed by atoms with Gasteiger partial charge in [0.2, 0.25) is 0 Å². The van der Waals surface area contributed by atoms with Gasteiger partial charge in [0.05, 0.1) is 0 Å². The minimum absolute atomic E-state index is 1.31. The summed E-state index contributed by atoms with van der Waals surface area (Å²) in [7, 11) is 0. The monoisotopic (exact) mass is 178 g/mol. The van der Waals surface area contributed by atoms with Crippen LogP contribution in [-0.2, 0) is 0 Å². The van der Waals surface area contributed by atoms with Crippen LogP contribution in [0.15, 0.2) is 54.6 Å². The van der Waals surface area contributed by atoms with Crippen LogP contribution < -0.4 is 10.4 Å². The van der Waals surface area contributed by atoms with Crippen molar-refractivity contribution in [3.05, 3.63) is 70.6 Å². The number of fused-ring (bicyclic) bond motifs is 1. The minimum Gasteiger partial charge on any atom is -0.0622 e. The van der Waals surface area contributed by atoms with Crippen molar-refractivity contribution in [1.29, 1.82) is 0 Å². The number of benzene rings is 2. The maximum atomic E-state index is 2.24. The van der Waals surface area contributed by atoms with Gasteiger partial charge in [0, 0.05) is 0 Å². The molecule has 0 saturated heterocycles. The SMILES string of the molecule is C1=c2ccccc2=C1c1ccccc1. The van der Waals surface area contributed by atoms with E-state index in [1.165, 1.54) is 21.6 Å². The molecule has 0 heteroatoms. The fourth-order valence-corrected chi connectivity index (χ4v) is 1.88. The van der Waals surface area contributed by atoms with Crippen LogP contribution in [0.4, 0.5) is 0 Å². The molecule has 66 valence electrons. The average molecular weight is 178 g/mol. The highest BCUT2D eigenvalue weighted by atomic mass is 14.1. The average Bonchev–Trinajstić information content (AvgIpc) is 2.22. The van der Waals surface area contributed by atoms with Crippen LogP contribution in [0.2, 0.25) is 0 Å². The summed E-state index contributed by atoms with van der Waals surface area (Å²) in [5.74, 6) is 0. The molecule has 14 heavy (non-hydrogen) atoms. The predicted molar refractivity (Wildman–Crippen MR) is 59.1 cm³/mol. The Labute approximate surface area is 82.8 Å². The lowest BCUT2D eigenvalue weighted by Gasteiger charge is -2.10. The van der Waals surface area contributed by atoms with Crippen LogP contribution in [0.1, 0.15) is 5.56 Å². The third kappa shape index (κ3) is 1.01. The first kappa shape index (κ1) is 7.57. The lowest BCUT2D eigenvalue weighted by Crippen LogP contribution is -2.33. The fraction of sp³-hybridized carbons (Fsp3) is 0. The van der Waals surface area contributed by atoms with Crippen LogP contribution in [-0.4, -0.2) is 0 Å². The molecular formula is C14H10. The molecule has 0 spiro atoms. The Balaban J connectivity index is 2.25. The summed E-state index contributed by atoms with van der Waals surface area (Å²) in [5.41, 5.74) is 2.67. The molecule has 0 aromatic heterocycles. The molecule has 0 N–H and O–H groups in total. The van der Waals surface area contributed by atoms with Crippen LogP contribution in [0, 0.1) is 0 Å². The molecule has 3 rings (SSSR count). The van der Waals surface area contributed by atoms with Crippen molar-refractivity contribution >= 4 is 11.6 Å². The van der Waals surface area contributed by atoms with Gasteiger partial charge in [0.25, 0.3) is 0 Å². The van der Waals surface area contributed by atoms with Crippen molar-refractivity contribution in [3.8, 4) is 0 Å². The van der Waals surface area contributed by atoms with E-state index in [1.807, 2.05) is 0 Å². The molecule has 2 aromatic carbocycles. The van der Waals surface area contributed by atoms with Crippen LogP contribution in [0.5, 0.6) is 0 Å². The minimum atomic E-state index is 1.31. The van der Waals surface area contributed by atoms with Gasteiger partial charge < -0.3 is 0 Å². The topological polar surface area (TPSA) is 0 Å². The van der Waals surface area contributed by atoms with Crippen molar-refractivity contribution in [2.75, 3.05) is 0 Å². The summed E-state index contributed by atoms with van der Waals surface area (Å²) in [4.78, 5) is 0. The molecule has 0 fully saturated rings. The summed E-state index contributed by atoms with van der Waals surface area (Å²) in [6.45, 7) is 0. The van der Waals surface area contributed by atoms with E-state index in [4.69, 9.17) is 0 Å². The van der Waals surface area contributed by atoms with Gasteiger partial charge >= 0.3 is 0 Å². The molecule has 0 aliphatic heterocycles. The van der Waals surface area contributed by atoms with E-state index in [0.29, 0.717) is 0 Å². The maximum Gasteiger partial charge on any atom is -0.00992 e. The number of hydrogen-bond donors (Lipinski definition) is 0. The van der Waals surface area contributed by atoms with Gasteiger partial charge in [-0.1, -0.05) is 54.6 Å². The summed E-state index contributed by atoms with van der Waals surface area (Å²) >= 11 is 0. The Morgan fingerprint density at radius 1 is 0.643 bits per heavy atom. The standard InChI is InChI=1S/C14H10/c1-2-6-11(7-3-1)14-10-12-8-4-5-9-13(12)14/h1-10H. The second-order valence-electron chi connectivity index (χ2n) is 3.51. The Kier molecular flexibility index (Phi) is 1.54. The van der Waals surface area contributed by atoms with E-state index in [2.05, 4.69) is 60.7 Å². The highest BCUT2D eigenvalue weighted by Gasteiger charge is 2.05. The molecule has 1 aliphatic carbocycles. The zero-order chi connectivity index (χ0) is 9.38. The van der Waals surface area contributed by atoms with Crippen molar-refractivity contribution in [3.63, 3.8) is 0 Å². The Hall–Kier alpha value is -1.82. The second kappa shape index (κ2) is 2.85. The third-order valence-corrected chi connectivity index (χ3v) is 2.64. The highest BCUT2D eigenvalue weighted by molar-refractivity contribution is 5.92. The quantitative estimate of drug-likeness (QED) is 0.623. The van der Waals surface area contributed by atoms with Crippen molar-refractivity contribution in [2.24, 2.45) is 0 Å². The van der Waals surface area contributed by atoms with Gasteiger partial charge in [0.1, 0.15) is 0 Å². The maximum absolute atomic E-state index is 2.24. The third-order valence-electron chi connectivity index (χ3n) is 2.64. The lowest BCUT2D eigenvalue weighted by molar-refractivity contribution is 1.44. The Bertz CT molecular complexity index is 577. The summed E-state index contributed by atoms with van der Waals surface area (Å²) in [5, 5.41) is 2.73. The van der Waals surface area contributed by atoms with Gasteiger partial charge in [-0.05, 0) is 27.6 Å². The van der Waals surface area contributed by atoms with Gasteiger partial charge in [-0.25, -0.2) is 0 Å².